The number of hydrogen-bond donors (Lipinski definition) is 1. The molecule has 28 heavy (non-hydrogen) atoms. The van der Waals surface area contributed by atoms with Crippen molar-refractivity contribution in [3.8, 4) is 0 Å². The summed E-state index contributed by atoms with van der Waals surface area (Å²) in [4.78, 5) is 32.8. The summed E-state index contributed by atoms with van der Waals surface area (Å²) in [6.07, 6.45) is 6.73. The number of nitrogens with zero attached hydrogens (tertiary/aromatic N) is 5. The molecule has 0 saturated carbocycles. The van der Waals surface area contributed by atoms with Gasteiger partial charge in [0.2, 0.25) is 0 Å². The van der Waals surface area contributed by atoms with Crippen LogP contribution in [0.2, 0.25) is 0 Å². The second-order valence-corrected chi connectivity index (χ2v) is 7.74. The SMILES string of the molecule is Cc1cc(C(=O)Nc2nccs2)nc(C2CCCCN2Cc2ccccn2)n1. The fourth-order valence-corrected chi connectivity index (χ4v) is 4.00. The minimum Gasteiger partial charge on any atom is -0.296 e. The maximum Gasteiger partial charge on any atom is 0.276 e. The van der Waals surface area contributed by atoms with Gasteiger partial charge in [0.05, 0.1) is 11.7 Å². The number of likely N-dealkylation sites (tertiary alicyclic amines) is 1. The Kier molecular flexibility index (Phi) is 5.68. The lowest BCUT2D eigenvalue weighted by molar-refractivity contribution is 0.101. The number of rotatable bonds is 5. The van der Waals surface area contributed by atoms with Crippen LogP contribution in [0.4, 0.5) is 5.13 Å². The first-order chi connectivity index (χ1) is 13.7. The van der Waals surface area contributed by atoms with E-state index < -0.39 is 0 Å². The third kappa shape index (κ3) is 4.40. The molecule has 144 valence electrons. The molecule has 3 aromatic heterocycles. The Morgan fingerprint density at radius 3 is 2.96 bits per heavy atom. The molecule has 0 bridgehead atoms. The number of carbonyl (C=O) groups excluding carboxylic acids is 1. The number of amides is 1. The van der Waals surface area contributed by atoms with Crippen LogP contribution in [-0.4, -0.2) is 37.3 Å². The van der Waals surface area contributed by atoms with Crippen LogP contribution >= 0.6 is 11.3 Å². The van der Waals surface area contributed by atoms with Crippen molar-refractivity contribution in [3.05, 3.63) is 64.9 Å². The van der Waals surface area contributed by atoms with Gasteiger partial charge in [-0.2, -0.15) is 0 Å². The van der Waals surface area contributed by atoms with Crippen LogP contribution in [0.15, 0.2) is 42.0 Å². The van der Waals surface area contributed by atoms with Crippen LogP contribution in [-0.2, 0) is 6.54 Å². The number of aryl methyl sites for hydroxylation is 1. The summed E-state index contributed by atoms with van der Waals surface area (Å²) in [6, 6.07) is 7.77. The number of nitrogens with one attached hydrogen (secondary N) is 1. The molecule has 8 heteroatoms. The van der Waals surface area contributed by atoms with Crippen LogP contribution in [0.3, 0.4) is 0 Å². The first-order valence-corrected chi connectivity index (χ1v) is 10.3. The molecule has 1 aliphatic rings. The first kappa shape index (κ1) is 18.6. The lowest BCUT2D eigenvalue weighted by atomic mass is 10.0. The number of thiazole rings is 1. The Balaban J connectivity index is 1.57. The molecule has 1 amide bonds. The van der Waals surface area contributed by atoms with E-state index in [-0.39, 0.29) is 11.9 Å². The van der Waals surface area contributed by atoms with Gasteiger partial charge in [-0.3, -0.25) is 20.0 Å². The average Bonchev–Trinajstić information content (AvgIpc) is 3.22. The fourth-order valence-electron chi connectivity index (χ4n) is 3.48. The molecule has 4 heterocycles. The van der Waals surface area contributed by atoms with E-state index in [1.807, 2.05) is 36.7 Å². The summed E-state index contributed by atoms with van der Waals surface area (Å²) in [5, 5.41) is 5.19. The van der Waals surface area contributed by atoms with Gasteiger partial charge in [-0.05, 0) is 44.5 Å². The summed E-state index contributed by atoms with van der Waals surface area (Å²) < 4.78 is 0. The maximum atomic E-state index is 12.6. The van der Waals surface area contributed by atoms with Crippen molar-refractivity contribution in [2.45, 2.75) is 38.8 Å². The number of piperidine rings is 1. The molecule has 3 aromatic rings. The van der Waals surface area contributed by atoms with E-state index in [2.05, 4.69) is 30.2 Å². The van der Waals surface area contributed by atoms with E-state index in [0.29, 0.717) is 16.6 Å². The van der Waals surface area contributed by atoms with Gasteiger partial charge < -0.3 is 0 Å². The van der Waals surface area contributed by atoms with Crippen LogP contribution in [0.1, 0.15) is 53.0 Å². The number of pyridine rings is 1. The summed E-state index contributed by atoms with van der Waals surface area (Å²) in [5.74, 6) is 0.453. The van der Waals surface area contributed by atoms with Gasteiger partial charge in [-0.1, -0.05) is 12.5 Å². The van der Waals surface area contributed by atoms with Crippen molar-refractivity contribution >= 4 is 22.4 Å². The zero-order valence-electron chi connectivity index (χ0n) is 15.7. The highest BCUT2D eigenvalue weighted by molar-refractivity contribution is 7.13. The van der Waals surface area contributed by atoms with E-state index in [1.165, 1.54) is 11.3 Å². The maximum absolute atomic E-state index is 12.6. The summed E-state index contributed by atoms with van der Waals surface area (Å²) in [6.45, 7) is 3.62. The van der Waals surface area contributed by atoms with Crippen molar-refractivity contribution in [3.63, 3.8) is 0 Å². The van der Waals surface area contributed by atoms with E-state index in [1.54, 1.807) is 12.3 Å². The molecule has 1 aliphatic heterocycles. The normalized spacial score (nSPS) is 17.4. The summed E-state index contributed by atoms with van der Waals surface area (Å²) in [7, 11) is 0. The molecular formula is C20H22N6OS. The Bertz CT molecular complexity index is 931. The van der Waals surface area contributed by atoms with Crippen molar-refractivity contribution in [2.75, 3.05) is 11.9 Å². The predicted molar refractivity (Wildman–Crippen MR) is 108 cm³/mol. The Morgan fingerprint density at radius 1 is 1.25 bits per heavy atom. The molecule has 0 spiro atoms. The standard InChI is InChI=1S/C20H22N6OS/c1-14-12-16(19(27)25-20-22-9-11-28-20)24-18(23-14)17-7-3-5-10-26(17)13-15-6-2-4-8-21-15/h2,4,6,8-9,11-12,17H,3,5,7,10,13H2,1H3,(H,22,25,27). The zero-order valence-corrected chi connectivity index (χ0v) is 16.5. The smallest absolute Gasteiger partial charge is 0.276 e. The van der Waals surface area contributed by atoms with Crippen molar-refractivity contribution in [1.29, 1.82) is 0 Å². The molecule has 7 nitrogen and oxygen atoms in total. The van der Waals surface area contributed by atoms with Gasteiger partial charge in [-0.15, -0.1) is 11.3 Å². The second kappa shape index (κ2) is 8.53. The molecular weight excluding hydrogens is 372 g/mol. The zero-order chi connectivity index (χ0) is 19.3. The van der Waals surface area contributed by atoms with E-state index in [0.717, 1.165) is 43.7 Å². The third-order valence-electron chi connectivity index (χ3n) is 4.76. The molecule has 1 saturated heterocycles. The number of hydrogen-bond acceptors (Lipinski definition) is 7. The van der Waals surface area contributed by atoms with E-state index >= 15 is 0 Å². The minimum absolute atomic E-state index is 0.0852. The molecule has 1 atom stereocenters. The van der Waals surface area contributed by atoms with Crippen molar-refractivity contribution < 1.29 is 4.79 Å². The number of carbonyl (C=O) groups is 1. The van der Waals surface area contributed by atoms with E-state index in [9.17, 15) is 4.79 Å². The fraction of sp³-hybridized carbons (Fsp3) is 0.350. The molecule has 1 fully saturated rings. The summed E-state index contributed by atoms with van der Waals surface area (Å²) in [5.41, 5.74) is 2.20. The van der Waals surface area contributed by atoms with Gasteiger partial charge in [0, 0.05) is 30.0 Å². The van der Waals surface area contributed by atoms with E-state index in [4.69, 9.17) is 0 Å². The van der Waals surface area contributed by atoms with Gasteiger partial charge in [0.1, 0.15) is 11.5 Å². The summed E-state index contributed by atoms with van der Waals surface area (Å²) >= 11 is 1.38. The highest BCUT2D eigenvalue weighted by atomic mass is 32.1. The van der Waals surface area contributed by atoms with Gasteiger partial charge in [-0.25, -0.2) is 15.0 Å². The van der Waals surface area contributed by atoms with Crippen molar-refractivity contribution in [2.24, 2.45) is 0 Å². The monoisotopic (exact) mass is 394 g/mol. The Labute approximate surface area is 167 Å². The van der Waals surface area contributed by atoms with Crippen LogP contribution in [0, 0.1) is 6.92 Å². The first-order valence-electron chi connectivity index (χ1n) is 9.39. The molecule has 0 aliphatic carbocycles. The number of anilines is 1. The average molecular weight is 395 g/mol. The van der Waals surface area contributed by atoms with Gasteiger partial charge in [0.25, 0.3) is 5.91 Å². The Morgan fingerprint density at radius 2 is 2.18 bits per heavy atom. The van der Waals surface area contributed by atoms with Gasteiger partial charge in [0.15, 0.2) is 5.13 Å². The highest BCUT2D eigenvalue weighted by Crippen LogP contribution is 2.30. The number of aromatic nitrogens is 4. The molecule has 4 rings (SSSR count). The molecule has 1 N–H and O–H groups in total. The topological polar surface area (TPSA) is 83.9 Å². The predicted octanol–water partition coefficient (Wildman–Crippen LogP) is 3.62. The minimum atomic E-state index is -0.256. The molecule has 0 aromatic carbocycles. The third-order valence-corrected chi connectivity index (χ3v) is 5.45. The lowest BCUT2D eigenvalue weighted by Crippen LogP contribution is -2.34. The Hall–Kier alpha value is -2.71. The molecule has 0 radical (unpaired) electrons. The van der Waals surface area contributed by atoms with Gasteiger partial charge >= 0.3 is 0 Å². The molecule has 1 unspecified atom stereocenters. The highest BCUT2D eigenvalue weighted by Gasteiger charge is 2.27. The lowest BCUT2D eigenvalue weighted by Gasteiger charge is -2.34. The van der Waals surface area contributed by atoms with Crippen LogP contribution in [0.5, 0.6) is 0 Å². The largest absolute Gasteiger partial charge is 0.296 e. The second-order valence-electron chi connectivity index (χ2n) is 6.85. The van der Waals surface area contributed by atoms with Crippen LogP contribution in [0.25, 0.3) is 0 Å². The quantitative estimate of drug-likeness (QED) is 0.712. The van der Waals surface area contributed by atoms with Crippen LogP contribution < -0.4 is 5.32 Å². The van der Waals surface area contributed by atoms with Crippen molar-refractivity contribution in [1.82, 2.24) is 24.8 Å².